The monoisotopic (exact) mass is 573 g/mol. The lowest BCUT2D eigenvalue weighted by Gasteiger charge is -2.59. The first-order valence-corrected chi connectivity index (χ1v) is 16.2. The van der Waals surface area contributed by atoms with Gasteiger partial charge in [-0.15, -0.1) is 0 Å². The van der Waals surface area contributed by atoms with Crippen molar-refractivity contribution in [2.45, 2.75) is 88.4 Å². The molecular weight excluding hydrogens is 534 g/mol. The second-order valence-corrected chi connectivity index (χ2v) is 14.2. The Morgan fingerprint density at radius 2 is 2.02 bits per heavy atom. The maximum atomic E-state index is 14.5. The number of para-hydroxylation sites is 1. The van der Waals surface area contributed by atoms with Crippen LogP contribution in [0.2, 0.25) is 0 Å². The maximum Gasteiger partial charge on any atom is 0.178 e. The number of rotatable bonds is 6. The minimum absolute atomic E-state index is 0.00137. The van der Waals surface area contributed by atoms with E-state index in [1.807, 2.05) is 42.5 Å². The molecule has 0 spiro atoms. The molecule has 2 aromatic rings. The van der Waals surface area contributed by atoms with Crippen molar-refractivity contribution in [3.05, 3.63) is 60.2 Å². The highest BCUT2D eigenvalue weighted by molar-refractivity contribution is 7.99. The summed E-state index contributed by atoms with van der Waals surface area (Å²) in [6.07, 6.45) is 8.75. The maximum absolute atomic E-state index is 14.5. The van der Waals surface area contributed by atoms with Gasteiger partial charge in [-0.3, -0.25) is 9.59 Å². The van der Waals surface area contributed by atoms with Crippen molar-refractivity contribution in [1.82, 2.24) is 4.98 Å². The second-order valence-electron chi connectivity index (χ2n) is 13.2. The SMILES string of the molecule is CCCC1O[C@H]2CC3C4CCC5=CC(=O)C=CC5(C)C4[C@@H](O)CC3(C)[C@]2(C(=O)CSc2ccc3ccccc3n2)O1. The third-order valence-corrected chi connectivity index (χ3v) is 12.1. The standard InChI is InChI=1S/C34H39NO5S/c1-4-7-30-39-28-17-24-23-12-11-21-16-22(36)14-15-32(21,2)31(23)26(37)18-33(24,3)34(28,40-30)27(38)19-41-29-13-10-20-8-5-6-9-25(20)35-29/h5-6,8-10,13-16,23-24,26,28,30-31,37H,4,7,11-12,17-19H2,1-3H3/t23?,24?,26-,28-,30?,31?,32?,33?,34+/m0/s1. The number of pyridine rings is 1. The van der Waals surface area contributed by atoms with E-state index < -0.39 is 23.4 Å². The van der Waals surface area contributed by atoms with Crippen LogP contribution in [0.4, 0.5) is 0 Å². The lowest BCUT2D eigenvalue weighted by molar-refractivity contribution is -0.197. The number of carbonyl (C=O) groups is 2. The van der Waals surface area contributed by atoms with Gasteiger partial charge >= 0.3 is 0 Å². The van der Waals surface area contributed by atoms with E-state index in [9.17, 15) is 14.7 Å². The number of thioether (sulfide) groups is 1. The average Bonchev–Trinajstić information content (AvgIpc) is 3.44. The van der Waals surface area contributed by atoms with E-state index in [0.29, 0.717) is 6.42 Å². The van der Waals surface area contributed by atoms with Crippen LogP contribution in [0.5, 0.6) is 0 Å². The van der Waals surface area contributed by atoms with Crippen molar-refractivity contribution in [3.8, 4) is 0 Å². The summed E-state index contributed by atoms with van der Waals surface area (Å²) in [4.78, 5) is 31.5. The zero-order valence-electron chi connectivity index (χ0n) is 24.0. The van der Waals surface area contributed by atoms with Gasteiger partial charge in [-0.25, -0.2) is 4.98 Å². The van der Waals surface area contributed by atoms with Gasteiger partial charge in [0.15, 0.2) is 23.5 Å². The molecule has 6 unspecified atom stereocenters. The van der Waals surface area contributed by atoms with Crippen molar-refractivity contribution in [3.63, 3.8) is 0 Å². The minimum atomic E-state index is -1.09. The lowest BCUT2D eigenvalue weighted by Crippen LogP contribution is -2.63. The van der Waals surface area contributed by atoms with Crippen LogP contribution in [-0.2, 0) is 19.1 Å². The number of nitrogens with zero attached hydrogens (tertiary/aromatic N) is 1. The third-order valence-electron chi connectivity index (χ3n) is 11.2. The number of fused-ring (bicyclic) bond motifs is 8. The number of Topliss-reactive ketones (excluding diaryl/α,β-unsaturated/α-hetero) is 1. The Bertz CT molecular complexity index is 1470. The fraction of sp³-hybridized carbons (Fsp3) is 0.559. The summed E-state index contributed by atoms with van der Waals surface area (Å²) in [5.74, 6) is 0.715. The van der Waals surface area contributed by atoms with Crippen LogP contribution in [-0.4, -0.2) is 51.5 Å². The number of hydrogen-bond donors (Lipinski definition) is 1. The summed E-state index contributed by atoms with van der Waals surface area (Å²) < 4.78 is 13.4. The first-order chi connectivity index (χ1) is 19.7. The van der Waals surface area contributed by atoms with Crippen LogP contribution in [0.25, 0.3) is 10.9 Å². The number of allylic oxidation sites excluding steroid dienone is 4. The van der Waals surface area contributed by atoms with E-state index in [1.54, 1.807) is 12.2 Å². The molecular formula is C34H39NO5S. The summed E-state index contributed by atoms with van der Waals surface area (Å²) in [6, 6.07) is 12.0. The van der Waals surface area contributed by atoms with Crippen LogP contribution in [0.1, 0.15) is 59.3 Å². The Morgan fingerprint density at radius 1 is 1.20 bits per heavy atom. The van der Waals surface area contributed by atoms with Crippen molar-refractivity contribution in [1.29, 1.82) is 0 Å². The van der Waals surface area contributed by atoms with E-state index in [4.69, 9.17) is 14.5 Å². The first kappa shape index (κ1) is 27.5. The molecule has 3 saturated carbocycles. The van der Waals surface area contributed by atoms with Gasteiger partial charge in [0, 0.05) is 22.1 Å². The minimum Gasteiger partial charge on any atom is -0.393 e. The second kappa shape index (κ2) is 9.87. The molecule has 7 rings (SSSR count). The van der Waals surface area contributed by atoms with Crippen molar-refractivity contribution >= 4 is 34.2 Å². The highest BCUT2D eigenvalue weighted by Gasteiger charge is 2.75. The molecule has 216 valence electrons. The molecule has 5 aliphatic rings. The summed E-state index contributed by atoms with van der Waals surface area (Å²) in [7, 11) is 0. The fourth-order valence-electron chi connectivity index (χ4n) is 9.38. The van der Waals surface area contributed by atoms with Crippen molar-refractivity contribution < 1.29 is 24.2 Å². The Hall–Kier alpha value is -2.32. The van der Waals surface area contributed by atoms with Gasteiger partial charge in [0.2, 0.25) is 0 Å². The van der Waals surface area contributed by atoms with Gasteiger partial charge in [-0.05, 0) is 68.2 Å². The highest BCUT2D eigenvalue weighted by Crippen LogP contribution is 2.69. The first-order valence-electron chi connectivity index (χ1n) is 15.2. The van der Waals surface area contributed by atoms with Gasteiger partial charge in [0.05, 0.1) is 28.5 Å². The van der Waals surface area contributed by atoms with Crippen molar-refractivity contribution in [2.75, 3.05) is 5.75 Å². The topological polar surface area (TPSA) is 85.7 Å². The number of ether oxygens (including phenoxy) is 2. The molecule has 2 heterocycles. The Labute approximate surface area is 246 Å². The van der Waals surface area contributed by atoms with Gasteiger partial charge in [-0.1, -0.05) is 74.9 Å². The van der Waals surface area contributed by atoms with E-state index in [1.165, 1.54) is 11.8 Å². The van der Waals surface area contributed by atoms with Crippen molar-refractivity contribution in [2.24, 2.45) is 28.6 Å². The number of hydrogen-bond acceptors (Lipinski definition) is 7. The largest absolute Gasteiger partial charge is 0.393 e. The molecule has 6 nitrogen and oxygen atoms in total. The van der Waals surface area contributed by atoms with E-state index in [-0.39, 0.29) is 46.6 Å². The molecule has 0 amide bonds. The van der Waals surface area contributed by atoms with Crippen LogP contribution in [0.15, 0.2) is 65.2 Å². The Kier molecular flexibility index (Phi) is 6.62. The zero-order chi connectivity index (χ0) is 28.6. The summed E-state index contributed by atoms with van der Waals surface area (Å²) in [5, 5.41) is 13.8. The predicted octanol–water partition coefficient (Wildman–Crippen LogP) is 6.07. The molecule has 0 radical (unpaired) electrons. The number of ketones is 2. The van der Waals surface area contributed by atoms with Gasteiger partial charge < -0.3 is 14.6 Å². The van der Waals surface area contributed by atoms with Crippen LogP contribution < -0.4 is 0 Å². The zero-order valence-corrected chi connectivity index (χ0v) is 24.9. The average molecular weight is 574 g/mol. The van der Waals surface area contributed by atoms with E-state index in [2.05, 4.69) is 20.8 Å². The van der Waals surface area contributed by atoms with E-state index in [0.717, 1.165) is 53.6 Å². The lowest BCUT2D eigenvalue weighted by atomic mass is 9.46. The number of benzene rings is 1. The molecule has 1 aliphatic heterocycles. The Balaban J connectivity index is 1.21. The quantitative estimate of drug-likeness (QED) is 0.420. The normalized spacial score (nSPS) is 41.0. The highest BCUT2D eigenvalue weighted by atomic mass is 32.2. The molecule has 41 heavy (non-hydrogen) atoms. The predicted molar refractivity (Wildman–Crippen MR) is 158 cm³/mol. The van der Waals surface area contributed by atoms with E-state index >= 15 is 0 Å². The molecule has 1 N–H and O–H groups in total. The number of carbonyl (C=O) groups excluding carboxylic acids is 2. The molecule has 1 saturated heterocycles. The molecule has 1 aromatic heterocycles. The number of aliphatic hydroxyl groups is 1. The molecule has 7 heteroatoms. The molecule has 4 fully saturated rings. The number of aliphatic hydroxyl groups excluding tert-OH is 1. The summed E-state index contributed by atoms with van der Waals surface area (Å²) in [6.45, 7) is 6.46. The Morgan fingerprint density at radius 3 is 2.85 bits per heavy atom. The van der Waals surface area contributed by atoms with Gasteiger partial charge in [-0.2, -0.15) is 0 Å². The molecule has 9 atom stereocenters. The molecule has 4 aliphatic carbocycles. The number of aromatic nitrogens is 1. The fourth-order valence-corrected chi connectivity index (χ4v) is 10.2. The molecule has 0 bridgehead atoms. The summed E-state index contributed by atoms with van der Waals surface area (Å²) >= 11 is 1.46. The third kappa shape index (κ3) is 3.99. The summed E-state index contributed by atoms with van der Waals surface area (Å²) in [5.41, 5.74) is 0.0457. The van der Waals surface area contributed by atoms with Crippen LogP contribution >= 0.6 is 11.8 Å². The van der Waals surface area contributed by atoms with Crippen LogP contribution in [0, 0.1) is 28.6 Å². The van der Waals surface area contributed by atoms with Gasteiger partial charge in [0.25, 0.3) is 0 Å². The molecule has 1 aromatic carbocycles. The smallest absolute Gasteiger partial charge is 0.178 e. The van der Waals surface area contributed by atoms with Gasteiger partial charge in [0.1, 0.15) is 0 Å². The van der Waals surface area contributed by atoms with Crippen LogP contribution in [0.3, 0.4) is 0 Å².